The maximum absolute atomic E-state index is 12.4. The van der Waals surface area contributed by atoms with Gasteiger partial charge in [-0.3, -0.25) is 4.79 Å². The first-order valence-corrected chi connectivity index (χ1v) is 10.1. The number of methoxy groups -OCH3 is 2. The number of nitrogens with one attached hydrogen (secondary N) is 2. The summed E-state index contributed by atoms with van der Waals surface area (Å²) in [6, 6.07) is 8.65. The van der Waals surface area contributed by atoms with Gasteiger partial charge in [-0.1, -0.05) is 0 Å². The van der Waals surface area contributed by atoms with Crippen LogP contribution in [0.1, 0.15) is 14.5 Å². The van der Waals surface area contributed by atoms with E-state index in [1.807, 2.05) is 6.07 Å². The number of anilines is 1. The number of ether oxygens (including phenoxy) is 2. The van der Waals surface area contributed by atoms with Crippen LogP contribution in [0.5, 0.6) is 11.5 Å². The van der Waals surface area contributed by atoms with Crippen LogP contribution < -0.4 is 19.5 Å². The average Bonchev–Trinajstić information content (AvgIpc) is 3.02. The third kappa shape index (κ3) is 6.04. The molecule has 2 aromatic rings. The van der Waals surface area contributed by atoms with Gasteiger partial charge in [-0.2, -0.15) is 0 Å². The molecule has 0 atom stereocenters. The van der Waals surface area contributed by atoms with Crippen LogP contribution in [0.4, 0.5) is 5.69 Å². The van der Waals surface area contributed by atoms with Crippen molar-refractivity contribution in [2.45, 2.75) is 6.42 Å². The predicted octanol–water partition coefficient (Wildman–Crippen LogP) is 2.11. The number of rotatable bonds is 8. The molecule has 0 aliphatic heterocycles. The minimum atomic E-state index is -3.21. The third-order valence-electron chi connectivity index (χ3n) is 3.23. The molecule has 7 nitrogen and oxygen atoms in total. The van der Waals surface area contributed by atoms with Crippen LogP contribution in [0.15, 0.2) is 30.3 Å². The smallest absolute Gasteiger partial charge is 0.265 e. The molecule has 0 saturated heterocycles. The van der Waals surface area contributed by atoms with Gasteiger partial charge in [0.2, 0.25) is 10.0 Å². The van der Waals surface area contributed by atoms with Crippen LogP contribution in [-0.2, 0) is 16.4 Å². The summed E-state index contributed by atoms with van der Waals surface area (Å²) in [6.07, 6.45) is 1.64. The highest BCUT2D eigenvalue weighted by atomic mass is 32.2. The Kier molecular flexibility index (Phi) is 6.40. The molecule has 0 bridgehead atoms. The highest BCUT2D eigenvalue weighted by molar-refractivity contribution is 7.88. The quantitative estimate of drug-likeness (QED) is 0.727. The van der Waals surface area contributed by atoms with Crippen LogP contribution in [0.2, 0.25) is 0 Å². The fourth-order valence-electron chi connectivity index (χ4n) is 2.07. The van der Waals surface area contributed by atoms with E-state index in [1.54, 1.807) is 24.3 Å². The average molecular weight is 384 g/mol. The van der Waals surface area contributed by atoms with E-state index >= 15 is 0 Å². The summed E-state index contributed by atoms with van der Waals surface area (Å²) >= 11 is 1.32. The third-order valence-corrected chi connectivity index (χ3v) is 5.10. The van der Waals surface area contributed by atoms with E-state index < -0.39 is 10.0 Å². The molecule has 0 saturated carbocycles. The van der Waals surface area contributed by atoms with Gasteiger partial charge in [0, 0.05) is 35.3 Å². The summed E-state index contributed by atoms with van der Waals surface area (Å²) in [7, 11) is -0.130. The Morgan fingerprint density at radius 1 is 1.12 bits per heavy atom. The Morgan fingerprint density at radius 2 is 1.76 bits per heavy atom. The minimum absolute atomic E-state index is 0.248. The highest BCUT2D eigenvalue weighted by Crippen LogP contribution is 2.27. The summed E-state index contributed by atoms with van der Waals surface area (Å²) in [5, 5.41) is 2.80. The molecule has 0 spiro atoms. The second kappa shape index (κ2) is 8.32. The molecule has 0 radical (unpaired) electrons. The molecular formula is C16H20N2O5S2. The molecule has 1 heterocycles. The van der Waals surface area contributed by atoms with Gasteiger partial charge in [0.15, 0.2) is 0 Å². The number of hydrogen-bond acceptors (Lipinski definition) is 6. The number of sulfonamides is 1. The van der Waals surface area contributed by atoms with E-state index in [1.165, 1.54) is 25.6 Å². The molecular weight excluding hydrogens is 364 g/mol. The molecule has 2 rings (SSSR count). The number of thiophene rings is 1. The van der Waals surface area contributed by atoms with Crippen molar-refractivity contribution < 1.29 is 22.7 Å². The number of hydrogen-bond donors (Lipinski definition) is 2. The zero-order valence-corrected chi connectivity index (χ0v) is 15.8. The molecule has 0 unspecified atom stereocenters. The lowest BCUT2D eigenvalue weighted by Gasteiger charge is -2.09. The van der Waals surface area contributed by atoms with Crippen LogP contribution in [-0.4, -0.2) is 41.3 Å². The van der Waals surface area contributed by atoms with Crippen LogP contribution in [0, 0.1) is 0 Å². The molecule has 1 aromatic carbocycles. The Labute approximate surface area is 151 Å². The molecule has 0 fully saturated rings. The van der Waals surface area contributed by atoms with E-state index in [0.29, 0.717) is 35.0 Å². The maximum Gasteiger partial charge on any atom is 0.265 e. The van der Waals surface area contributed by atoms with Gasteiger partial charge >= 0.3 is 0 Å². The number of benzene rings is 1. The van der Waals surface area contributed by atoms with Crippen molar-refractivity contribution >= 4 is 33.0 Å². The number of carbonyl (C=O) groups is 1. The molecule has 136 valence electrons. The van der Waals surface area contributed by atoms with E-state index in [0.717, 1.165) is 11.1 Å². The zero-order chi connectivity index (χ0) is 18.4. The van der Waals surface area contributed by atoms with Gasteiger partial charge in [-0.25, -0.2) is 13.1 Å². The fraction of sp³-hybridized carbons (Fsp3) is 0.312. The van der Waals surface area contributed by atoms with Crippen LogP contribution in [0.25, 0.3) is 0 Å². The summed E-state index contributed by atoms with van der Waals surface area (Å²) < 4.78 is 34.9. The van der Waals surface area contributed by atoms with Crippen molar-refractivity contribution in [2.75, 3.05) is 32.3 Å². The van der Waals surface area contributed by atoms with Gasteiger partial charge in [-0.15, -0.1) is 11.3 Å². The lowest BCUT2D eigenvalue weighted by atomic mass is 10.2. The van der Waals surface area contributed by atoms with Crippen molar-refractivity contribution in [1.29, 1.82) is 0 Å². The zero-order valence-electron chi connectivity index (χ0n) is 14.2. The first kappa shape index (κ1) is 19.2. The van der Waals surface area contributed by atoms with Crippen molar-refractivity contribution in [3.05, 3.63) is 40.1 Å². The SMILES string of the molecule is COc1cc(NC(=O)c2ccc(CCNS(C)(=O)=O)s2)cc(OC)c1. The minimum Gasteiger partial charge on any atom is -0.497 e. The summed E-state index contributed by atoms with van der Waals surface area (Å²) in [5.41, 5.74) is 0.565. The van der Waals surface area contributed by atoms with E-state index in [9.17, 15) is 13.2 Å². The summed E-state index contributed by atoms with van der Waals surface area (Å²) in [4.78, 5) is 13.8. The Bertz CT molecular complexity index is 824. The fourth-order valence-corrected chi connectivity index (χ4v) is 3.44. The Morgan fingerprint density at radius 3 is 2.32 bits per heavy atom. The van der Waals surface area contributed by atoms with E-state index in [4.69, 9.17) is 9.47 Å². The van der Waals surface area contributed by atoms with Gasteiger partial charge in [0.05, 0.1) is 25.4 Å². The standard InChI is InChI=1S/C16H20N2O5S2/c1-22-12-8-11(9-13(10-12)23-2)18-16(19)15-5-4-14(24-15)6-7-17-25(3,20)21/h4-5,8-10,17H,6-7H2,1-3H3,(H,18,19). The van der Waals surface area contributed by atoms with Gasteiger partial charge < -0.3 is 14.8 Å². The van der Waals surface area contributed by atoms with E-state index in [2.05, 4.69) is 10.0 Å². The van der Waals surface area contributed by atoms with Crippen LogP contribution in [0.3, 0.4) is 0 Å². The number of carbonyl (C=O) groups excluding carboxylic acids is 1. The lowest BCUT2D eigenvalue weighted by molar-refractivity contribution is 0.103. The first-order valence-electron chi connectivity index (χ1n) is 7.38. The Hall–Kier alpha value is -2.10. The van der Waals surface area contributed by atoms with Crippen LogP contribution >= 0.6 is 11.3 Å². The molecule has 2 N–H and O–H groups in total. The molecule has 9 heteroatoms. The van der Waals surface area contributed by atoms with Crippen molar-refractivity contribution in [1.82, 2.24) is 4.72 Å². The second-order valence-electron chi connectivity index (χ2n) is 5.24. The maximum atomic E-state index is 12.4. The lowest BCUT2D eigenvalue weighted by Crippen LogP contribution is -2.24. The van der Waals surface area contributed by atoms with Crippen molar-refractivity contribution in [2.24, 2.45) is 0 Å². The number of amides is 1. The molecule has 0 aliphatic carbocycles. The molecule has 1 amide bonds. The Balaban J connectivity index is 2.02. The predicted molar refractivity (Wildman–Crippen MR) is 98.4 cm³/mol. The second-order valence-corrected chi connectivity index (χ2v) is 8.24. The normalized spacial score (nSPS) is 11.2. The molecule has 25 heavy (non-hydrogen) atoms. The molecule has 1 aromatic heterocycles. The van der Waals surface area contributed by atoms with E-state index in [-0.39, 0.29) is 5.91 Å². The first-order chi connectivity index (χ1) is 11.8. The molecule has 0 aliphatic rings. The van der Waals surface area contributed by atoms with Gasteiger partial charge in [-0.05, 0) is 18.6 Å². The monoisotopic (exact) mass is 384 g/mol. The van der Waals surface area contributed by atoms with Gasteiger partial charge in [0.1, 0.15) is 11.5 Å². The largest absolute Gasteiger partial charge is 0.497 e. The summed E-state index contributed by atoms with van der Waals surface area (Å²) in [6.45, 7) is 0.299. The van der Waals surface area contributed by atoms with Gasteiger partial charge in [0.25, 0.3) is 5.91 Å². The van der Waals surface area contributed by atoms with Crippen molar-refractivity contribution in [3.63, 3.8) is 0 Å². The highest BCUT2D eigenvalue weighted by Gasteiger charge is 2.11. The van der Waals surface area contributed by atoms with Crippen molar-refractivity contribution in [3.8, 4) is 11.5 Å². The topological polar surface area (TPSA) is 93.7 Å². The summed E-state index contributed by atoms with van der Waals surface area (Å²) in [5.74, 6) is 0.907.